The molecule has 1 aromatic heterocycles. The van der Waals surface area contributed by atoms with Gasteiger partial charge in [-0.15, -0.1) is 5.10 Å². The normalized spacial score (nSPS) is 12.6. The Balaban J connectivity index is 2.52. The lowest BCUT2D eigenvalue weighted by Gasteiger charge is -2.19. The van der Waals surface area contributed by atoms with E-state index in [1.165, 1.54) is 0 Å². The Morgan fingerprint density at radius 1 is 1.12 bits per heavy atom. The fourth-order valence-corrected chi connectivity index (χ4v) is 1.34. The number of nitrogens with one attached hydrogen (secondary N) is 1. The highest BCUT2D eigenvalue weighted by atomic mass is 15.2. The van der Waals surface area contributed by atoms with Crippen LogP contribution in [0.15, 0.2) is 12.1 Å². The van der Waals surface area contributed by atoms with Crippen LogP contribution in [0.25, 0.3) is 0 Å². The highest BCUT2D eigenvalue weighted by Crippen LogP contribution is 2.19. The van der Waals surface area contributed by atoms with Crippen LogP contribution in [-0.4, -0.2) is 22.3 Å². The molecule has 0 saturated carbocycles. The zero-order valence-electron chi connectivity index (χ0n) is 11.5. The summed E-state index contributed by atoms with van der Waals surface area (Å²) in [6.45, 7) is 11.2. The lowest BCUT2D eigenvalue weighted by atomic mass is 9.92. The number of aromatic nitrogens is 2. The van der Waals surface area contributed by atoms with Gasteiger partial charge in [0.1, 0.15) is 5.82 Å². The molecule has 4 heteroatoms. The Morgan fingerprint density at radius 2 is 1.76 bits per heavy atom. The summed E-state index contributed by atoms with van der Waals surface area (Å²) in [6, 6.07) is 3.99. The average Bonchev–Trinajstić information content (AvgIpc) is 2.15. The van der Waals surface area contributed by atoms with Crippen molar-refractivity contribution in [2.45, 2.75) is 52.0 Å². The van der Waals surface area contributed by atoms with Crippen LogP contribution in [0.3, 0.4) is 0 Å². The average molecular weight is 236 g/mol. The van der Waals surface area contributed by atoms with E-state index in [0.717, 1.165) is 24.5 Å². The molecular formula is C13H24N4. The number of rotatable bonds is 4. The van der Waals surface area contributed by atoms with Gasteiger partial charge in [-0.05, 0) is 32.4 Å². The van der Waals surface area contributed by atoms with Crippen LogP contribution >= 0.6 is 0 Å². The Kier molecular flexibility index (Phi) is 4.09. The van der Waals surface area contributed by atoms with Gasteiger partial charge >= 0.3 is 0 Å². The summed E-state index contributed by atoms with van der Waals surface area (Å²) in [6.07, 6.45) is 0.899. The first-order valence-corrected chi connectivity index (χ1v) is 6.05. The molecule has 0 aliphatic carbocycles. The molecular weight excluding hydrogens is 212 g/mol. The van der Waals surface area contributed by atoms with Gasteiger partial charge in [0.25, 0.3) is 0 Å². The molecule has 4 nitrogen and oxygen atoms in total. The molecule has 1 aromatic rings. The van der Waals surface area contributed by atoms with Gasteiger partial charge in [0, 0.05) is 17.5 Å². The lowest BCUT2D eigenvalue weighted by Crippen LogP contribution is -2.34. The highest BCUT2D eigenvalue weighted by Gasteiger charge is 2.15. The molecule has 0 aliphatic rings. The van der Waals surface area contributed by atoms with E-state index >= 15 is 0 Å². The fraction of sp³-hybridized carbons (Fsp3) is 0.692. The van der Waals surface area contributed by atoms with E-state index in [4.69, 9.17) is 5.73 Å². The fourth-order valence-electron chi connectivity index (χ4n) is 1.34. The monoisotopic (exact) mass is 236 g/mol. The first-order valence-electron chi connectivity index (χ1n) is 6.05. The smallest absolute Gasteiger partial charge is 0.148 e. The largest absolute Gasteiger partial charge is 0.369 e. The molecule has 0 atom stereocenters. The molecule has 3 N–H and O–H groups in total. The summed E-state index contributed by atoms with van der Waals surface area (Å²) < 4.78 is 0. The molecule has 0 radical (unpaired) electrons. The zero-order chi connectivity index (χ0) is 13.1. The number of hydrogen-bond donors (Lipinski definition) is 2. The molecule has 0 unspecified atom stereocenters. The first kappa shape index (κ1) is 13.9. The first-order chi connectivity index (χ1) is 7.68. The maximum atomic E-state index is 5.90. The second-order valence-electron chi connectivity index (χ2n) is 6.22. The van der Waals surface area contributed by atoms with Crippen molar-refractivity contribution in [1.29, 1.82) is 0 Å². The molecule has 0 aromatic carbocycles. The predicted octanol–water partition coefficient (Wildman–Crippen LogP) is 2.31. The second-order valence-corrected chi connectivity index (χ2v) is 6.22. The van der Waals surface area contributed by atoms with Gasteiger partial charge in [-0.25, -0.2) is 0 Å². The third-order valence-corrected chi connectivity index (χ3v) is 2.51. The number of nitrogens with zero attached hydrogens (tertiary/aromatic N) is 2. The molecule has 0 bridgehead atoms. The van der Waals surface area contributed by atoms with Crippen molar-refractivity contribution in [2.75, 3.05) is 11.9 Å². The van der Waals surface area contributed by atoms with Crippen LogP contribution in [0.1, 0.15) is 46.7 Å². The molecule has 0 aliphatic heterocycles. The molecule has 0 amide bonds. The quantitative estimate of drug-likeness (QED) is 0.842. The minimum atomic E-state index is -0.147. The van der Waals surface area contributed by atoms with Crippen molar-refractivity contribution in [3.8, 4) is 0 Å². The van der Waals surface area contributed by atoms with Gasteiger partial charge < -0.3 is 11.1 Å². The minimum Gasteiger partial charge on any atom is -0.369 e. The van der Waals surface area contributed by atoms with Crippen LogP contribution in [0.5, 0.6) is 0 Å². The van der Waals surface area contributed by atoms with E-state index in [0.29, 0.717) is 0 Å². The van der Waals surface area contributed by atoms with Crippen molar-refractivity contribution < 1.29 is 0 Å². The summed E-state index contributed by atoms with van der Waals surface area (Å²) >= 11 is 0. The molecule has 1 heterocycles. The van der Waals surface area contributed by atoms with Crippen molar-refractivity contribution in [1.82, 2.24) is 10.2 Å². The summed E-state index contributed by atoms with van der Waals surface area (Å²) in [5.41, 5.74) is 6.81. The van der Waals surface area contributed by atoms with Crippen molar-refractivity contribution >= 4 is 5.82 Å². The standard InChI is InChI=1S/C13H24N4/c1-12(2,3)10-6-7-11(17-16-10)15-9-8-13(4,5)14/h6-7H,8-9,14H2,1-5H3,(H,15,17). The van der Waals surface area contributed by atoms with Gasteiger partial charge in [0.15, 0.2) is 0 Å². The summed E-state index contributed by atoms with van der Waals surface area (Å²) in [4.78, 5) is 0. The Morgan fingerprint density at radius 3 is 2.18 bits per heavy atom. The SMILES string of the molecule is CC(C)(N)CCNc1ccc(C(C)(C)C)nn1. The second kappa shape index (κ2) is 5.00. The Hall–Kier alpha value is -1.16. The number of hydrogen-bond acceptors (Lipinski definition) is 4. The molecule has 17 heavy (non-hydrogen) atoms. The number of anilines is 1. The van der Waals surface area contributed by atoms with Gasteiger partial charge in [-0.3, -0.25) is 0 Å². The van der Waals surface area contributed by atoms with Crippen molar-refractivity contribution in [2.24, 2.45) is 5.73 Å². The number of nitrogens with two attached hydrogens (primary N) is 1. The maximum Gasteiger partial charge on any atom is 0.148 e. The molecule has 96 valence electrons. The Labute approximate surface area is 104 Å². The molecule has 0 saturated heterocycles. The van der Waals surface area contributed by atoms with Crippen LogP contribution in [-0.2, 0) is 5.41 Å². The van der Waals surface area contributed by atoms with Gasteiger partial charge in [0.2, 0.25) is 0 Å². The molecule has 0 fully saturated rings. The third-order valence-electron chi connectivity index (χ3n) is 2.51. The van der Waals surface area contributed by atoms with E-state index < -0.39 is 0 Å². The topological polar surface area (TPSA) is 63.8 Å². The lowest BCUT2D eigenvalue weighted by molar-refractivity contribution is 0.490. The summed E-state index contributed by atoms with van der Waals surface area (Å²) in [5, 5.41) is 11.6. The van der Waals surface area contributed by atoms with E-state index in [2.05, 4.69) is 36.3 Å². The van der Waals surface area contributed by atoms with Crippen molar-refractivity contribution in [3.05, 3.63) is 17.8 Å². The molecule has 0 spiro atoms. The Bertz CT molecular complexity index is 343. The van der Waals surface area contributed by atoms with E-state index in [9.17, 15) is 0 Å². The van der Waals surface area contributed by atoms with Gasteiger partial charge in [-0.1, -0.05) is 20.8 Å². The van der Waals surface area contributed by atoms with Crippen molar-refractivity contribution in [3.63, 3.8) is 0 Å². The predicted molar refractivity (Wildman–Crippen MR) is 72.1 cm³/mol. The van der Waals surface area contributed by atoms with Crippen LogP contribution in [0.2, 0.25) is 0 Å². The van der Waals surface area contributed by atoms with Crippen LogP contribution < -0.4 is 11.1 Å². The van der Waals surface area contributed by atoms with Gasteiger partial charge in [-0.2, -0.15) is 5.10 Å². The van der Waals surface area contributed by atoms with Crippen LogP contribution in [0.4, 0.5) is 5.82 Å². The maximum absolute atomic E-state index is 5.90. The van der Waals surface area contributed by atoms with E-state index in [-0.39, 0.29) is 11.0 Å². The highest BCUT2D eigenvalue weighted by molar-refractivity contribution is 5.33. The minimum absolute atomic E-state index is 0.0464. The molecule has 1 rings (SSSR count). The van der Waals surface area contributed by atoms with E-state index in [1.807, 2.05) is 26.0 Å². The van der Waals surface area contributed by atoms with E-state index in [1.54, 1.807) is 0 Å². The third kappa shape index (κ3) is 5.13. The zero-order valence-corrected chi connectivity index (χ0v) is 11.5. The van der Waals surface area contributed by atoms with Crippen LogP contribution in [0, 0.1) is 0 Å². The summed E-state index contributed by atoms with van der Waals surface area (Å²) in [5.74, 6) is 0.808. The summed E-state index contributed by atoms with van der Waals surface area (Å²) in [7, 11) is 0. The van der Waals surface area contributed by atoms with Gasteiger partial charge in [0.05, 0.1) is 5.69 Å².